The Hall–Kier alpha value is -3.90. The van der Waals surface area contributed by atoms with E-state index in [9.17, 15) is 28.0 Å². The van der Waals surface area contributed by atoms with Crippen molar-refractivity contribution in [3.05, 3.63) is 88.1 Å². The molecule has 1 atom stereocenters. The molecule has 2 saturated carbocycles. The normalized spacial score (nSPS) is 21.3. The van der Waals surface area contributed by atoms with Crippen LogP contribution in [0.15, 0.2) is 65.6 Å². The van der Waals surface area contributed by atoms with E-state index in [0.29, 0.717) is 22.4 Å². The van der Waals surface area contributed by atoms with Crippen molar-refractivity contribution in [1.82, 2.24) is 24.2 Å². The van der Waals surface area contributed by atoms with Gasteiger partial charge in [-0.05, 0) is 30.3 Å². The fourth-order valence-electron chi connectivity index (χ4n) is 6.47. The van der Waals surface area contributed by atoms with Gasteiger partial charge in [0.05, 0.1) is 17.2 Å². The number of benzene rings is 2. The van der Waals surface area contributed by atoms with E-state index < -0.39 is 23.5 Å². The van der Waals surface area contributed by atoms with Crippen LogP contribution in [0.2, 0.25) is 0 Å². The predicted octanol–water partition coefficient (Wildman–Crippen LogP) is 2.66. The van der Waals surface area contributed by atoms with Crippen LogP contribution in [0, 0.1) is 23.7 Å². The van der Waals surface area contributed by atoms with Crippen LogP contribution in [-0.2, 0) is 6.18 Å². The van der Waals surface area contributed by atoms with Gasteiger partial charge in [-0.2, -0.15) is 18.4 Å². The number of nitrogens with zero attached hydrogens (tertiary/aromatic N) is 6. The molecule has 0 aliphatic heterocycles. The van der Waals surface area contributed by atoms with Crippen LogP contribution in [0.1, 0.15) is 48.9 Å². The van der Waals surface area contributed by atoms with Crippen molar-refractivity contribution < 1.29 is 42.1 Å². The third kappa shape index (κ3) is 6.12. The molecule has 0 radical (unpaired) electrons. The minimum atomic E-state index is -4.61. The van der Waals surface area contributed by atoms with Crippen molar-refractivity contribution in [3.8, 4) is 28.8 Å². The summed E-state index contributed by atoms with van der Waals surface area (Å²) in [7, 11) is 6.75. The average molecular weight is 746 g/mol. The molecule has 46 heavy (non-hydrogen) atoms. The first-order chi connectivity index (χ1) is 21.7. The van der Waals surface area contributed by atoms with Gasteiger partial charge in [-0.25, -0.2) is 0 Å². The van der Waals surface area contributed by atoms with Gasteiger partial charge in [-0.3, -0.25) is 0 Å². The Kier molecular flexibility index (Phi) is 8.17. The van der Waals surface area contributed by atoms with Crippen molar-refractivity contribution in [3.63, 3.8) is 0 Å². The molecule has 1 amide bonds. The number of nitrogens with one attached hydrogen (secondary N) is 1. The summed E-state index contributed by atoms with van der Waals surface area (Å²) in [6.45, 7) is 1.60. The molecule has 0 unspecified atom stereocenters. The summed E-state index contributed by atoms with van der Waals surface area (Å²) in [6.07, 6.45) is 1.83. The Bertz CT molecular complexity index is 1890. The van der Waals surface area contributed by atoms with Gasteiger partial charge in [0.2, 0.25) is 0 Å². The van der Waals surface area contributed by atoms with Crippen LogP contribution in [0.3, 0.4) is 0 Å². The zero-order chi connectivity index (χ0) is 33.0. The molecule has 1 spiro atoms. The quantitative estimate of drug-likeness (QED) is 0.187. The Morgan fingerprint density at radius 2 is 1.78 bits per heavy atom. The maximum atomic E-state index is 14.1. The molecule has 2 aromatic carbocycles. The number of alkyl halides is 4. The van der Waals surface area contributed by atoms with Gasteiger partial charge in [-0.1, -0.05) is 6.07 Å². The number of amides is 1. The van der Waals surface area contributed by atoms with Crippen LogP contribution < -0.4 is 32.5 Å². The number of carbonyl (C=O) groups excluding carboxylic acids is 1. The molecule has 6 rings (SSSR count). The van der Waals surface area contributed by atoms with Gasteiger partial charge < -0.3 is 0 Å². The monoisotopic (exact) mass is 745 g/mol. The van der Waals surface area contributed by atoms with E-state index in [1.807, 2.05) is 0 Å². The topological polar surface area (TPSA) is 97.6 Å². The Morgan fingerprint density at radius 1 is 1.09 bits per heavy atom. The number of hydrogen-bond donors (Lipinski definition) is 1. The molecule has 2 aliphatic rings. The smallest absolute Gasteiger partial charge is 0.166 e. The molecule has 1 N–H and O–H groups in total. The molecule has 0 bridgehead atoms. The van der Waals surface area contributed by atoms with Gasteiger partial charge >= 0.3 is 204 Å². The van der Waals surface area contributed by atoms with Crippen LogP contribution in [0.25, 0.3) is 22.8 Å². The summed E-state index contributed by atoms with van der Waals surface area (Å²) in [4.78, 5) is 28.1. The van der Waals surface area contributed by atoms with Crippen molar-refractivity contribution in [2.45, 2.75) is 55.2 Å². The molecule has 9 nitrogen and oxygen atoms in total. The Morgan fingerprint density at radius 3 is 2.41 bits per heavy atom. The minimum Gasteiger partial charge on any atom is -0.166 e. The van der Waals surface area contributed by atoms with Gasteiger partial charge in [0.15, 0.2) is 0 Å². The first kappa shape index (κ1) is 32.1. The maximum absolute atomic E-state index is 14.1. The second-order valence-corrected chi connectivity index (χ2v) is 17.9. The van der Waals surface area contributed by atoms with E-state index in [1.165, 1.54) is 29.4 Å². The van der Waals surface area contributed by atoms with Crippen LogP contribution in [0.5, 0.6) is 0 Å². The van der Waals surface area contributed by atoms with Gasteiger partial charge in [-0.15, -0.1) is 0 Å². The second kappa shape index (κ2) is 11.7. The number of aromatic nitrogens is 4. The summed E-state index contributed by atoms with van der Waals surface area (Å²) in [5.41, 5.74) is 0.608. The molecule has 2 aliphatic carbocycles. The zero-order valence-corrected chi connectivity index (χ0v) is 28.1. The van der Waals surface area contributed by atoms with E-state index >= 15 is 0 Å². The number of halogens is 4. The van der Waals surface area contributed by atoms with E-state index in [-0.39, 0.29) is 44.6 Å². The minimum absolute atomic E-state index is 0.00509. The summed E-state index contributed by atoms with van der Waals surface area (Å²) >= 11 is 0.00738. The third-order valence-corrected chi connectivity index (χ3v) is 13.0. The molecule has 0 saturated heterocycles. The van der Waals surface area contributed by atoms with Gasteiger partial charge in [0.25, 0.3) is 0 Å². The third-order valence-electron chi connectivity index (χ3n) is 8.86. The first-order valence-corrected chi connectivity index (χ1v) is 17.3. The molecule has 4 aromatic rings. The van der Waals surface area contributed by atoms with Gasteiger partial charge in [0, 0.05) is 0 Å². The van der Waals surface area contributed by atoms with Crippen molar-refractivity contribution in [1.29, 1.82) is 5.26 Å². The zero-order valence-electron chi connectivity index (χ0n) is 26.0. The summed E-state index contributed by atoms with van der Waals surface area (Å²) in [5.74, 6) is 0. The van der Waals surface area contributed by atoms with Crippen molar-refractivity contribution in [2.75, 3.05) is 21.1 Å². The fraction of sp³-hybridized carbons (Fsp3) is 0.394. The number of quaternary nitrogens is 1. The van der Waals surface area contributed by atoms with Crippen LogP contribution in [0.4, 0.5) is 18.0 Å². The molecular formula is C33H35F3IN7O2. The van der Waals surface area contributed by atoms with Crippen molar-refractivity contribution >= 4 is 6.03 Å². The number of hydrogen-bond acceptors (Lipinski definition) is 4. The Balaban J connectivity index is 1.37. The van der Waals surface area contributed by atoms with E-state index in [1.54, 1.807) is 37.3 Å². The first-order valence-electron chi connectivity index (χ1n) is 15.1. The van der Waals surface area contributed by atoms with E-state index in [4.69, 9.17) is 0 Å². The Labute approximate surface area is 275 Å². The number of imidazole rings is 1. The molecule has 2 aromatic heterocycles. The van der Waals surface area contributed by atoms with Crippen LogP contribution >= 0.6 is 0 Å². The predicted molar refractivity (Wildman–Crippen MR) is 162 cm³/mol. The molecule has 2 fully saturated rings. The number of rotatable bonds is 6. The number of carbonyl (C=O) groups is 1. The standard InChI is InChI=1S/C33H35F3IN7O2/c1-21-29(27-14-17-39-43(27)25-10-8-22(20-38)9-11-25)42(31(46)41(21)26-7-5-6-23(18-26)33(34,35)36)30(45)40-24-12-15-32(16-13-24)19-28(32)37-44(2,3)4/h5-11,14,17-18,24,28H,12-13,15-16,19H2,1-4H3,(H,40,45)/t24?,28-,32?/m0/s1. The number of nitriles is 1. The summed E-state index contributed by atoms with van der Waals surface area (Å²) in [5, 5.41) is 16.7. The summed E-state index contributed by atoms with van der Waals surface area (Å²) in [6, 6.07) is 14.1. The van der Waals surface area contributed by atoms with E-state index in [2.05, 4.69) is 37.6 Å². The average Bonchev–Trinajstić information content (AvgIpc) is 3.30. The second-order valence-electron chi connectivity index (χ2n) is 12.9. The van der Waals surface area contributed by atoms with Crippen molar-refractivity contribution in [2.24, 2.45) is 5.41 Å². The SMILES string of the molecule is Cc1c(-c2ccnn2-c2ccc(C#N)cc2)n(C(=O)NC2CCC3(CC2)C[C@@H]3[I-][N+](C)(C)C)c(=O)n1-c1cccc(C(F)(F)F)c1. The van der Waals surface area contributed by atoms with Crippen LogP contribution in [-0.4, -0.2) is 58.8 Å². The van der Waals surface area contributed by atoms with E-state index in [0.717, 1.165) is 53.6 Å². The molecule has 242 valence electrons. The summed E-state index contributed by atoms with van der Waals surface area (Å²) < 4.78 is 46.5. The fourth-order valence-corrected chi connectivity index (χ4v) is 10.8. The van der Waals surface area contributed by atoms with Gasteiger partial charge in [0.1, 0.15) is 0 Å². The molecule has 2 heterocycles. The molecular weight excluding hydrogens is 710 g/mol. The molecule has 13 heteroatoms.